The zero-order valence-corrected chi connectivity index (χ0v) is 20.6. The molecule has 2 heterocycles. The lowest BCUT2D eigenvalue weighted by molar-refractivity contribution is 0.0950. The van der Waals surface area contributed by atoms with Gasteiger partial charge in [-0.1, -0.05) is 31.0 Å². The van der Waals surface area contributed by atoms with Crippen molar-refractivity contribution in [3.63, 3.8) is 0 Å². The molecule has 0 spiro atoms. The molecule has 3 atom stereocenters. The standard InChI is InChI=1S/C26H33FN6O3/c1-15(35-2)11-12-36-26-17-8-4-3-7-16(17)22(14-30-26)32-24-18(23(29)34)13-19(27)25(33-24)31-21-10-6-5-9-20(21)28/h3-4,7-8,13-15,20-21H,5-6,9-12,28H2,1-2H3,(H2,29,34)(H2,31,32,33)/t15?,20-,21+/m0/s1. The van der Waals surface area contributed by atoms with Crippen LogP contribution in [0.5, 0.6) is 5.88 Å². The number of nitrogens with two attached hydrogens (primary N) is 2. The van der Waals surface area contributed by atoms with E-state index in [1.54, 1.807) is 13.3 Å². The number of anilines is 3. The van der Waals surface area contributed by atoms with Gasteiger partial charge in [-0.15, -0.1) is 0 Å². The van der Waals surface area contributed by atoms with Crippen molar-refractivity contribution in [1.82, 2.24) is 9.97 Å². The second-order valence-electron chi connectivity index (χ2n) is 9.11. The minimum Gasteiger partial charge on any atom is -0.477 e. The van der Waals surface area contributed by atoms with Crippen LogP contribution in [0.2, 0.25) is 0 Å². The first-order valence-corrected chi connectivity index (χ1v) is 12.2. The summed E-state index contributed by atoms with van der Waals surface area (Å²) in [6, 6.07) is 8.46. The average molecular weight is 497 g/mol. The number of rotatable bonds is 10. The van der Waals surface area contributed by atoms with Crippen LogP contribution in [0.1, 0.15) is 49.4 Å². The van der Waals surface area contributed by atoms with E-state index < -0.39 is 11.7 Å². The van der Waals surface area contributed by atoms with Gasteiger partial charge in [0, 0.05) is 36.4 Å². The van der Waals surface area contributed by atoms with Crippen molar-refractivity contribution in [1.29, 1.82) is 0 Å². The lowest BCUT2D eigenvalue weighted by Crippen LogP contribution is -2.43. The van der Waals surface area contributed by atoms with Gasteiger partial charge in [0.25, 0.3) is 5.91 Å². The Morgan fingerprint density at radius 2 is 1.97 bits per heavy atom. The van der Waals surface area contributed by atoms with Crippen LogP contribution in [-0.4, -0.2) is 47.8 Å². The van der Waals surface area contributed by atoms with Gasteiger partial charge in [-0.25, -0.2) is 14.4 Å². The first kappa shape index (κ1) is 25.6. The van der Waals surface area contributed by atoms with Gasteiger partial charge in [-0.2, -0.15) is 0 Å². The van der Waals surface area contributed by atoms with Crippen LogP contribution in [0.15, 0.2) is 36.5 Å². The van der Waals surface area contributed by atoms with Crippen molar-refractivity contribution < 1.29 is 18.7 Å². The van der Waals surface area contributed by atoms with E-state index in [2.05, 4.69) is 20.6 Å². The lowest BCUT2D eigenvalue weighted by atomic mass is 9.91. The molecule has 0 radical (unpaired) electrons. The molecule has 1 fully saturated rings. The molecular formula is C26H33FN6O3. The summed E-state index contributed by atoms with van der Waals surface area (Å²) in [5, 5.41) is 7.84. The molecule has 0 aliphatic heterocycles. The summed E-state index contributed by atoms with van der Waals surface area (Å²) in [5.74, 6) is -0.826. The number of carbonyl (C=O) groups excluding carboxylic acids is 1. The Kier molecular flexibility index (Phi) is 8.17. The summed E-state index contributed by atoms with van der Waals surface area (Å²) < 4.78 is 26.1. The SMILES string of the molecule is COC(C)CCOc1ncc(Nc2nc(N[C@@H]3CCCC[C@@H]3N)c(F)cc2C(N)=O)c2ccccc12. The fourth-order valence-electron chi connectivity index (χ4n) is 4.34. The number of fused-ring (bicyclic) bond motifs is 1. The van der Waals surface area contributed by atoms with Gasteiger partial charge in [0.05, 0.1) is 30.2 Å². The van der Waals surface area contributed by atoms with Crippen LogP contribution in [0.3, 0.4) is 0 Å². The maximum absolute atomic E-state index is 14.9. The van der Waals surface area contributed by atoms with E-state index in [0.717, 1.165) is 42.5 Å². The number of nitrogens with zero attached hydrogens (tertiary/aromatic N) is 2. The smallest absolute Gasteiger partial charge is 0.252 e. The molecule has 1 aromatic carbocycles. The molecule has 3 aromatic rings. The van der Waals surface area contributed by atoms with Crippen molar-refractivity contribution in [2.75, 3.05) is 24.4 Å². The van der Waals surface area contributed by atoms with E-state index in [9.17, 15) is 9.18 Å². The molecule has 2 aromatic heterocycles. The molecule has 0 saturated heterocycles. The summed E-state index contributed by atoms with van der Waals surface area (Å²) in [4.78, 5) is 21.0. The second kappa shape index (κ2) is 11.5. The van der Waals surface area contributed by atoms with E-state index in [1.807, 2.05) is 31.2 Å². The highest BCUT2D eigenvalue weighted by molar-refractivity contribution is 6.02. The summed E-state index contributed by atoms with van der Waals surface area (Å²) >= 11 is 0. The Morgan fingerprint density at radius 3 is 2.69 bits per heavy atom. The zero-order chi connectivity index (χ0) is 25.7. The third kappa shape index (κ3) is 5.83. The van der Waals surface area contributed by atoms with Crippen molar-refractivity contribution in [3.8, 4) is 5.88 Å². The predicted molar refractivity (Wildman–Crippen MR) is 138 cm³/mol. The largest absolute Gasteiger partial charge is 0.477 e. The predicted octanol–water partition coefficient (Wildman–Crippen LogP) is 4.10. The van der Waals surface area contributed by atoms with E-state index in [1.165, 1.54) is 0 Å². The van der Waals surface area contributed by atoms with Gasteiger partial charge in [0.15, 0.2) is 11.6 Å². The quantitative estimate of drug-likeness (QED) is 0.329. The lowest BCUT2D eigenvalue weighted by Gasteiger charge is -2.30. The highest BCUT2D eigenvalue weighted by Crippen LogP contribution is 2.33. The highest BCUT2D eigenvalue weighted by Gasteiger charge is 2.25. The first-order valence-electron chi connectivity index (χ1n) is 12.2. The second-order valence-corrected chi connectivity index (χ2v) is 9.11. The Bertz CT molecular complexity index is 1220. The third-order valence-corrected chi connectivity index (χ3v) is 6.56. The molecular weight excluding hydrogens is 463 g/mol. The molecule has 0 bridgehead atoms. The van der Waals surface area contributed by atoms with Crippen LogP contribution >= 0.6 is 0 Å². The molecule has 4 rings (SSSR count). The van der Waals surface area contributed by atoms with E-state index in [0.29, 0.717) is 24.6 Å². The molecule has 1 aliphatic rings. The zero-order valence-electron chi connectivity index (χ0n) is 20.6. The van der Waals surface area contributed by atoms with Gasteiger partial charge >= 0.3 is 0 Å². The molecule has 9 nitrogen and oxygen atoms in total. The Balaban J connectivity index is 1.64. The normalized spacial score (nSPS) is 18.6. The summed E-state index contributed by atoms with van der Waals surface area (Å²) in [6.07, 6.45) is 6.12. The highest BCUT2D eigenvalue weighted by atomic mass is 19.1. The molecule has 1 aliphatic carbocycles. The fraction of sp³-hybridized carbons (Fsp3) is 0.423. The van der Waals surface area contributed by atoms with Crippen LogP contribution in [0, 0.1) is 5.82 Å². The molecule has 1 unspecified atom stereocenters. The van der Waals surface area contributed by atoms with Gasteiger partial charge < -0.3 is 31.6 Å². The van der Waals surface area contributed by atoms with Crippen LogP contribution < -0.4 is 26.8 Å². The third-order valence-electron chi connectivity index (χ3n) is 6.56. The van der Waals surface area contributed by atoms with Crippen molar-refractivity contribution in [2.45, 2.75) is 57.2 Å². The van der Waals surface area contributed by atoms with Crippen LogP contribution in [0.4, 0.5) is 21.7 Å². The van der Waals surface area contributed by atoms with Crippen molar-refractivity contribution in [2.24, 2.45) is 11.5 Å². The molecule has 1 amide bonds. The minimum atomic E-state index is -0.797. The Labute approximate surface area is 209 Å². The van der Waals surface area contributed by atoms with Gasteiger partial charge in [0.1, 0.15) is 5.82 Å². The minimum absolute atomic E-state index is 0.0225. The van der Waals surface area contributed by atoms with Crippen LogP contribution in [0.25, 0.3) is 10.8 Å². The number of amides is 1. The van der Waals surface area contributed by atoms with E-state index in [4.69, 9.17) is 20.9 Å². The molecule has 192 valence electrons. The number of hydrogen-bond donors (Lipinski definition) is 4. The summed E-state index contributed by atoms with van der Waals surface area (Å²) in [6.45, 7) is 2.42. The fourth-order valence-corrected chi connectivity index (χ4v) is 4.34. The summed E-state index contributed by atoms with van der Waals surface area (Å²) in [7, 11) is 1.66. The Morgan fingerprint density at radius 1 is 1.22 bits per heavy atom. The number of primary amides is 1. The number of pyridine rings is 2. The van der Waals surface area contributed by atoms with Crippen LogP contribution in [-0.2, 0) is 4.74 Å². The maximum atomic E-state index is 14.9. The van der Waals surface area contributed by atoms with Gasteiger partial charge in [0.2, 0.25) is 5.88 Å². The Hall–Kier alpha value is -3.50. The van der Waals surface area contributed by atoms with Crippen molar-refractivity contribution in [3.05, 3.63) is 47.9 Å². The van der Waals surface area contributed by atoms with Gasteiger partial charge in [-0.3, -0.25) is 4.79 Å². The maximum Gasteiger partial charge on any atom is 0.252 e. The van der Waals surface area contributed by atoms with E-state index in [-0.39, 0.29) is 35.4 Å². The number of benzene rings is 1. The van der Waals surface area contributed by atoms with E-state index >= 15 is 0 Å². The molecule has 1 saturated carbocycles. The summed E-state index contributed by atoms with van der Waals surface area (Å²) in [5.41, 5.74) is 12.3. The number of ether oxygens (including phenoxy) is 2. The average Bonchev–Trinajstić information content (AvgIpc) is 2.88. The first-order chi connectivity index (χ1) is 17.4. The number of nitrogens with one attached hydrogen (secondary N) is 2. The number of halogens is 1. The van der Waals surface area contributed by atoms with Crippen molar-refractivity contribution >= 4 is 34.0 Å². The molecule has 36 heavy (non-hydrogen) atoms. The number of aromatic nitrogens is 2. The monoisotopic (exact) mass is 496 g/mol. The topological polar surface area (TPSA) is 137 Å². The number of methoxy groups -OCH3 is 1. The molecule has 10 heteroatoms. The number of carbonyl (C=O) groups is 1. The molecule has 6 N–H and O–H groups in total. The van der Waals surface area contributed by atoms with Gasteiger partial charge in [-0.05, 0) is 31.9 Å². The number of hydrogen-bond acceptors (Lipinski definition) is 8.